The van der Waals surface area contributed by atoms with Crippen LogP contribution in [0.15, 0.2) is 83.9 Å². The standard InChI is InChI=1S/C29H32N6O/c1-21(2)24-14-8-10-16-26(24)33-29(36)35-18-17-34(19-27(35)23-12-5-4-6-13-23)28(31-20-30)32-25-15-9-7-11-22(25)3/h4-16,21,27H,17-19H2,1-3H3,(H,31,32)(H,33,36). The Morgan fingerprint density at radius 3 is 2.31 bits per heavy atom. The van der Waals surface area contributed by atoms with Crippen molar-refractivity contribution in [2.75, 3.05) is 30.3 Å². The Hall–Kier alpha value is -4.31. The fourth-order valence-corrected chi connectivity index (χ4v) is 4.54. The molecule has 0 aromatic heterocycles. The lowest BCUT2D eigenvalue weighted by Gasteiger charge is -2.42. The Labute approximate surface area is 213 Å². The summed E-state index contributed by atoms with van der Waals surface area (Å²) in [5, 5.41) is 15.9. The van der Waals surface area contributed by atoms with Gasteiger partial charge >= 0.3 is 6.03 Å². The van der Waals surface area contributed by atoms with Crippen LogP contribution in [-0.2, 0) is 0 Å². The lowest BCUT2D eigenvalue weighted by Crippen LogP contribution is -2.54. The molecule has 0 aliphatic carbocycles. The van der Waals surface area contributed by atoms with Crippen molar-refractivity contribution in [3.63, 3.8) is 0 Å². The zero-order chi connectivity index (χ0) is 25.5. The van der Waals surface area contributed by atoms with Crippen LogP contribution in [0.4, 0.5) is 16.2 Å². The second-order valence-corrected chi connectivity index (χ2v) is 9.21. The first-order chi connectivity index (χ1) is 17.5. The lowest BCUT2D eigenvalue weighted by molar-refractivity contribution is 0.136. The van der Waals surface area contributed by atoms with E-state index >= 15 is 0 Å². The Bertz CT molecular complexity index is 1260. The summed E-state index contributed by atoms with van der Waals surface area (Å²) in [7, 11) is 0. The molecule has 4 rings (SSSR count). The summed E-state index contributed by atoms with van der Waals surface area (Å²) in [6.07, 6.45) is 1.93. The maximum atomic E-state index is 13.6. The molecular weight excluding hydrogens is 448 g/mol. The Morgan fingerprint density at radius 2 is 1.61 bits per heavy atom. The fourth-order valence-electron chi connectivity index (χ4n) is 4.54. The van der Waals surface area contributed by atoms with Crippen LogP contribution in [0, 0.1) is 18.4 Å². The van der Waals surface area contributed by atoms with Gasteiger partial charge in [0.2, 0.25) is 12.2 Å². The van der Waals surface area contributed by atoms with Crippen LogP contribution in [0.1, 0.15) is 42.5 Å². The van der Waals surface area contributed by atoms with Gasteiger partial charge in [-0.3, -0.25) is 0 Å². The topological polar surface area (TPSA) is 83.8 Å². The molecule has 36 heavy (non-hydrogen) atoms. The number of aryl methyl sites for hydroxylation is 1. The van der Waals surface area contributed by atoms with E-state index in [1.54, 1.807) is 0 Å². The number of nitrogens with zero attached hydrogens (tertiary/aromatic N) is 4. The van der Waals surface area contributed by atoms with Gasteiger partial charge in [-0.2, -0.15) is 5.26 Å². The van der Waals surface area contributed by atoms with Gasteiger partial charge in [-0.25, -0.2) is 4.79 Å². The molecule has 1 aliphatic heterocycles. The van der Waals surface area contributed by atoms with Crippen molar-refractivity contribution in [1.82, 2.24) is 9.80 Å². The minimum absolute atomic E-state index is 0.137. The number of carbonyl (C=O) groups is 1. The van der Waals surface area contributed by atoms with E-state index in [4.69, 9.17) is 0 Å². The molecule has 0 spiro atoms. The van der Waals surface area contributed by atoms with Gasteiger partial charge in [0.1, 0.15) is 0 Å². The van der Waals surface area contributed by atoms with Gasteiger partial charge in [-0.05, 0) is 41.7 Å². The van der Waals surface area contributed by atoms with Gasteiger partial charge < -0.3 is 20.4 Å². The molecule has 3 aromatic rings. The fraction of sp³-hybridized carbons (Fsp3) is 0.276. The van der Waals surface area contributed by atoms with E-state index in [-0.39, 0.29) is 12.1 Å². The first-order valence-electron chi connectivity index (χ1n) is 12.2. The zero-order valence-electron chi connectivity index (χ0n) is 21.0. The number of anilines is 2. The van der Waals surface area contributed by atoms with Crippen LogP contribution in [-0.4, -0.2) is 41.4 Å². The minimum Gasteiger partial charge on any atom is -0.338 e. The number of nitrogens with one attached hydrogen (secondary N) is 2. The number of rotatable bonds is 4. The number of para-hydroxylation sites is 2. The number of carbonyl (C=O) groups excluding carboxylic acids is 1. The molecule has 2 amide bonds. The molecule has 1 atom stereocenters. The maximum absolute atomic E-state index is 13.6. The van der Waals surface area contributed by atoms with Gasteiger partial charge in [0.25, 0.3) is 0 Å². The summed E-state index contributed by atoms with van der Waals surface area (Å²) >= 11 is 0. The summed E-state index contributed by atoms with van der Waals surface area (Å²) in [5.41, 5.74) is 4.92. The highest BCUT2D eigenvalue weighted by Crippen LogP contribution is 2.29. The third kappa shape index (κ3) is 5.66. The van der Waals surface area contributed by atoms with E-state index in [1.807, 2.05) is 95.7 Å². The summed E-state index contributed by atoms with van der Waals surface area (Å²) < 4.78 is 0. The molecule has 184 valence electrons. The molecule has 0 radical (unpaired) electrons. The van der Waals surface area contributed by atoms with E-state index < -0.39 is 0 Å². The largest absolute Gasteiger partial charge is 0.338 e. The molecule has 1 fully saturated rings. The zero-order valence-corrected chi connectivity index (χ0v) is 21.0. The smallest absolute Gasteiger partial charge is 0.322 e. The van der Waals surface area contributed by atoms with Gasteiger partial charge in [-0.1, -0.05) is 80.6 Å². The Kier molecular flexibility index (Phi) is 7.86. The minimum atomic E-state index is -0.214. The third-order valence-corrected chi connectivity index (χ3v) is 6.50. The normalized spacial score (nSPS) is 16.0. The summed E-state index contributed by atoms with van der Waals surface area (Å²) in [6, 6.07) is 25.5. The van der Waals surface area contributed by atoms with E-state index in [1.165, 1.54) is 0 Å². The number of benzene rings is 3. The number of piperazine rings is 1. The van der Waals surface area contributed by atoms with Crippen LogP contribution in [0.2, 0.25) is 0 Å². The van der Waals surface area contributed by atoms with E-state index in [2.05, 4.69) is 35.5 Å². The molecule has 0 bridgehead atoms. The first-order valence-corrected chi connectivity index (χ1v) is 12.2. The quantitative estimate of drug-likeness (QED) is 0.274. The number of aliphatic imine (C=N–C) groups is 1. The summed E-state index contributed by atoms with van der Waals surface area (Å²) in [4.78, 5) is 21.6. The summed E-state index contributed by atoms with van der Waals surface area (Å²) in [6.45, 7) is 7.78. The Balaban J connectivity index is 1.60. The first kappa shape index (κ1) is 24.8. The third-order valence-electron chi connectivity index (χ3n) is 6.50. The molecule has 7 nitrogen and oxygen atoms in total. The summed E-state index contributed by atoms with van der Waals surface area (Å²) in [5.74, 6) is 0.776. The van der Waals surface area contributed by atoms with Crippen molar-refractivity contribution < 1.29 is 4.79 Å². The highest BCUT2D eigenvalue weighted by atomic mass is 16.2. The van der Waals surface area contributed by atoms with E-state index in [9.17, 15) is 10.1 Å². The van der Waals surface area contributed by atoms with Crippen LogP contribution in [0.3, 0.4) is 0 Å². The molecule has 2 N–H and O–H groups in total. The van der Waals surface area contributed by atoms with Gasteiger partial charge in [-0.15, -0.1) is 4.99 Å². The molecule has 1 heterocycles. The van der Waals surface area contributed by atoms with E-state index in [0.717, 1.165) is 28.1 Å². The predicted octanol–water partition coefficient (Wildman–Crippen LogP) is 5.96. The number of amides is 2. The van der Waals surface area contributed by atoms with Crippen molar-refractivity contribution in [3.05, 3.63) is 95.6 Å². The molecule has 7 heteroatoms. The molecule has 0 saturated carbocycles. The van der Waals surface area contributed by atoms with Crippen LogP contribution in [0.25, 0.3) is 0 Å². The number of nitriles is 1. The number of hydrogen-bond acceptors (Lipinski definition) is 3. The monoisotopic (exact) mass is 480 g/mol. The Morgan fingerprint density at radius 1 is 0.944 bits per heavy atom. The predicted molar refractivity (Wildman–Crippen MR) is 145 cm³/mol. The number of urea groups is 1. The molecule has 1 unspecified atom stereocenters. The van der Waals surface area contributed by atoms with Crippen molar-refractivity contribution >= 4 is 23.4 Å². The second-order valence-electron chi connectivity index (χ2n) is 9.21. The van der Waals surface area contributed by atoms with Crippen LogP contribution < -0.4 is 10.6 Å². The highest BCUT2D eigenvalue weighted by Gasteiger charge is 2.33. The molecule has 1 aliphatic rings. The van der Waals surface area contributed by atoms with Crippen molar-refractivity contribution in [2.45, 2.75) is 32.7 Å². The molecular formula is C29H32N6O. The van der Waals surface area contributed by atoms with Crippen molar-refractivity contribution in [3.8, 4) is 6.19 Å². The van der Waals surface area contributed by atoms with Gasteiger partial charge in [0.05, 0.1) is 6.04 Å². The second kappa shape index (κ2) is 11.4. The SMILES string of the molecule is Cc1ccccc1N/C(=N/C#N)N1CCN(C(=O)Nc2ccccc2C(C)C)C(c2ccccc2)C1. The van der Waals surface area contributed by atoms with Crippen LogP contribution in [0.5, 0.6) is 0 Å². The number of hydrogen-bond donors (Lipinski definition) is 2. The maximum Gasteiger partial charge on any atom is 0.322 e. The van der Waals surface area contributed by atoms with Crippen molar-refractivity contribution in [1.29, 1.82) is 5.26 Å². The number of guanidine groups is 1. The molecule has 1 saturated heterocycles. The lowest BCUT2D eigenvalue weighted by atomic mass is 10.0. The average Bonchev–Trinajstić information content (AvgIpc) is 2.90. The van der Waals surface area contributed by atoms with E-state index in [0.29, 0.717) is 31.5 Å². The van der Waals surface area contributed by atoms with Gasteiger partial charge in [0.15, 0.2) is 0 Å². The van der Waals surface area contributed by atoms with Crippen LogP contribution >= 0.6 is 0 Å². The van der Waals surface area contributed by atoms with Gasteiger partial charge in [0, 0.05) is 31.0 Å². The average molecular weight is 481 g/mol. The highest BCUT2D eigenvalue weighted by molar-refractivity contribution is 5.95. The van der Waals surface area contributed by atoms with Crippen molar-refractivity contribution in [2.24, 2.45) is 4.99 Å². The molecule has 3 aromatic carbocycles.